The van der Waals surface area contributed by atoms with Gasteiger partial charge in [-0.25, -0.2) is 0 Å². The third-order valence-corrected chi connectivity index (χ3v) is 2.35. The Balaban J connectivity index is 2.12. The summed E-state index contributed by atoms with van der Waals surface area (Å²) in [6.45, 7) is 2.21. The molecule has 0 fully saturated rings. The van der Waals surface area contributed by atoms with Crippen molar-refractivity contribution in [1.29, 1.82) is 0 Å². The van der Waals surface area contributed by atoms with Crippen LogP contribution in [0.25, 0.3) is 0 Å². The van der Waals surface area contributed by atoms with Crippen LogP contribution in [0, 0.1) is 0 Å². The quantitative estimate of drug-likeness (QED) is 0.530. The maximum absolute atomic E-state index is 4.08. The highest BCUT2D eigenvalue weighted by Gasteiger charge is 2.37. The van der Waals surface area contributed by atoms with Crippen LogP contribution in [-0.2, 0) is 0 Å². The first-order valence-electron chi connectivity index (χ1n) is 3.83. The Morgan fingerprint density at radius 1 is 1.30 bits per heavy atom. The van der Waals surface area contributed by atoms with Crippen molar-refractivity contribution in [3.05, 3.63) is 0 Å². The van der Waals surface area contributed by atoms with Crippen molar-refractivity contribution in [2.24, 2.45) is 10.2 Å². The molecule has 2 nitrogen and oxygen atoms in total. The van der Waals surface area contributed by atoms with Crippen LogP contribution in [0.15, 0.2) is 10.2 Å². The molecule has 0 unspecified atom stereocenters. The molecule has 0 aromatic heterocycles. The van der Waals surface area contributed by atoms with E-state index in [1.807, 2.05) is 0 Å². The lowest BCUT2D eigenvalue weighted by molar-refractivity contribution is 0.510. The summed E-state index contributed by atoms with van der Waals surface area (Å²) in [6, 6.07) is 0. The molecule has 0 saturated heterocycles. The van der Waals surface area contributed by atoms with Crippen molar-refractivity contribution in [2.45, 2.75) is 38.3 Å². The standard InChI is InChI=1S/C7H13IN2/c1-2-3-4-7(5-6-8)9-10-7/h2-6H2,1H3. The zero-order valence-corrected chi connectivity index (χ0v) is 8.47. The van der Waals surface area contributed by atoms with Crippen LogP contribution >= 0.6 is 22.6 Å². The average Bonchev–Trinajstić information content (AvgIpc) is 2.67. The molecule has 0 bridgehead atoms. The number of rotatable bonds is 5. The van der Waals surface area contributed by atoms with E-state index in [4.69, 9.17) is 0 Å². The molecule has 0 aromatic rings. The molecule has 0 radical (unpaired) electrons. The van der Waals surface area contributed by atoms with Gasteiger partial charge in [0.1, 0.15) is 0 Å². The largest absolute Gasteiger partial charge is 0.191 e. The lowest BCUT2D eigenvalue weighted by atomic mass is 10.0. The summed E-state index contributed by atoms with van der Waals surface area (Å²) in [6.07, 6.45) is 4.84. The van der Waals surface area contributed by atoms with E-state index >= 15 is 0 Å². The second kappa shape index (κ2) is 3.64. The van der Waals surface area contributed by atoms with E-state index in [2.05, 4.69) is 39.7 Å². The first-order chi connectivity index (χ1) is 4.83. The highest BCUT2D eigenvalue weighted by molar-refractivity contribution is 14.1. The van der Waals surface area contributed by atoms with Gasteiger partial charge in [0.15, 0.2) is 5.66 Å². The van der Waals surface area contributed by atoms with Crippen LogP contribution in [-0.4, -0.2) is 10.1 Å². The second-order valence-electron chi connectivity index (χ2n) is 2.72. The van der Waals surface area contributed by atoms with Crippen molar-refractivity contribution in [1.82, 2.24) is 0 Å². The molecule has 0 saturated carbocycles. The molecule has 0 atom stereocenters. The Morgan fingerprint density at radius 2 is 2.00 bits per heavy atom. The number of hydrogen-bond acceptors (Lipinski definition) is 2. The summed E-state index contributed by atoms with van der Waals surface area (Å²) in [5, 5.41) is 8.16. The molecule has 1 aliphatic heterocycles. The van der Waals surface area contributed by atoms with Crippen LogP contribution in [0.1, 0.15) is 32.6 Å². The zero-order chi connectivity index (χ0) is 7.45. The summed E-state index contributed by atoms with van der Waals surface area (Å²) in [7, 11) is 0. The lowest BCUT2D eigenvalue weighted by Gasteiger charge is -2.05. The number of unbranched alkanes of at least 4 members (excludes halogenated alkanes) is 1. The van der Waals surface area contributed by atoms with E-state index < -0.39 is 0 Å². The Kier molecular flexibility index (Phi) is 3.07. The summed E-state index contributed by atoms with van der Waals surface area (Å²) in [5.41, 5.74) is 0.0944. The third kappa shape index (κ3) is 2.18. The minimum Gasteiger partial charge on any atom is -0.159 e. The molecule has 0 aliphatic carbocycles. The van der Waals surface area contributed by atoms with Gasteiger partial charge in [0.25, 0.3) is 0 Å². The van der Waals surface area contributed by atoms with Gasteiger partial charge in [0, 0.05) is 10.8 Å². The maximum atomic E-state index is 4.08. The summed E-state index contributed by atoms with van der Waals surface area (Å²) >= 11 is 2.38. The first-order valence-corrected chi connectivity index (χ1v) is 5.35. The normalized spacial score (nSPS) is 19.4. The van der Waals surface area contributed by atoms with Gasteiger partial charge in [-0.2, -0.15) is 10.2 Å². The fourth-order valence-electron chi connectivity index (χ4n) is 1.01. The molecule has 58 valence electrons. The fraction of sp³-hybridized carbons (Fsp3) is 1.00. The molecular weight excluding hydrogens is 239 g/mol. The highest BCUT2D eigenvalue weighted by Crippen LogP contribution is 2.37. The molecule has 0 aromatic carbocycles. The van der Waals surface area contributed by atoms with Crippen molar-refractivity contribution in [3.8, 4) is 0 Å². The van der Waals surface area contributed by atoms with E-state index in [0.717, 1.165) is 6.42 Å². The van der Waals surface area contributed by atoms with Crippen molar-refractivity contribution >= 4 is 22.6 Å². The second-order valence-corrected chi connectivity index (χ2v) is 3.80. The van der Waals surface area contributed by atoms with E-state index in [1.165, 1.54) is 23.7 Å². The molecular formula is C7H13IN2. The monoisotopic (exact) mass is 252 g/mol. The number of nitrogens with zero attached hydrogens (tertiary/aromatic N) is 2. The van der Waals surface area contributed by atoms with Crippen molar-refractivity contribution in [2.75, 3.05) is 4.43 Å². The smallest absolute Gasteiger partial charge is 0.159 e. The summed E-state index contributed by atoms with van der Waals surface area (Å²) in [4.78, 5) is 0. The van der Waals surface area contributed by atoms with Crippen LogP contribution in [0.5, 0.6) is 0 Å². The number of hydrogen-bond donors (Lipinski definition) is 0. The third-order valence-electron chi connectivity index (χ3n) is 1.81. The highest BCUT2D eigenvalue weighted by atomic mass is 127. The molecule has 1 aliphatic rings. The minimum absolute atomic E-state index is 0.0944. The summed E-state index contributed by atoms with van der Waals surface area (Å²) in [5.74, 6) is 0. The molecule has 10 heavy (non-hydrogen) atoms. The molecule has 3 heteroatoms. The lowest BCUT2D eigenvalue weighted by Crippen LogP contribution is -2.10. The predicted molar refractivity (Wildman–Crippen MR) is 50.6 cm³/mol. The Labute approximate surface area is 75.6 Å². The van der Waals surface area contributed by atoms with Gasteiger partial charge in [0.2, 0.25) is 0 Å². The molecule has 0 N–H and O–H groups in total. The first kappa shape index (κ1) is 8.43. The van der Waals surface area contributed by atoms with Crippen LogP contribution in [0.2, 0.25) is 0 Å². The Morgan fingerprint density at radius 3 is 2.40 bits per heavy atom. The van der Waals surface area contributed by atoms with Gasteiger partial charge in [0.05, 0.1) is 0 Å². The average molecular weight is 252 g/mol. The van der Waals surface area contributed by atoms with Gasteiger partial charge in [-0.15, -0.1) is 0 Å². The molecule has 0 amide bonds. The Hall–Kier alpha value is 0.330. The van der Waals surface area contributed by atoms with Crippen molar-refractivity contribution in [3.63, 3.8) is 0 Å². The Bertz CT molecular complexity index is 128. The summed E-state index contributed by atoms with van der Waals surface area (Å²) < 4.78 is 1.18. The topological polar surface area (TPSA) is 24.7 Å². The maximum Gasteiger partial charge on any atom is 0.191 e. The van der Waals surface area contributed by atoms with E-state index in [1.54, 1.807) is 0 Å². The number of alkyl halides is 1. The van der Waals surface area contributed by atoms with E-state index in [0.29, 0.717) is 0 Å². The van der Waals surface area contributed by atoms with E-state index in [-0.39, 0.29) is 5.66 Å². The van der Waals surface area contributed by atoms with Gasteiger partial charge >= 0.3 is 0 Å². The molecule has 1 rings (SSSR count). The zero-order valence-electron chi connectivity index (χ0n) is 6.31. The van der Waals surface area contributed by atoms with Gasteiger partial charge in [-0.3, -0.25) is 0 Å². The van der Waals surface area contributed by atoms with Crippen LogP contribution in [0.4, 0.5) is 0 Å². The molecule has 1 heterocycles. The van der Waals surface area contributed by atoms with Crippen molar-refractivity contribution < 1.29 is 0 Å². The van der Waals surface area contributed by atoms with Gasteiger partial charge in [-0.05, 0) is 12.8 Å². The fourth-order valence-corrected chi connectivity index (χ4v) is 1.87. The minimum atomic E-state index is 0.0944. The van der Waals surface area contributed by atoms with E-state index in [9.17, 15) is 0 Å². The van der Waals surface area contributed by atoms with Gasteiger partial charge < -0.3 is 0 Å². The van der Waals surface area contributed by atoms with Crippen LogP contribution < -0.4 is 0 Å². The van der Waals surface area contributed by atoms with Gasteiger partial charge in [-0.1, -0.05) is 35.9 Å². The number of halogens is 1. The predicted octanol–water partition coefficient (Wildman–Crippen LogP) is 3.16. The van der Waals surface area contributed by atoms with Crippen LogP contribution in [0.3, 0.4) is 0 Å². The SMILES string of the molecule is CCCCC1(CCI)N=N1. The molecule has 0 spiro atoms.